The highest BCUT2D eigenvalue weighted by molar-refractivity contribution is 6.44. The van der Waals surface area contributed by atoms with Gasteiger partial charge in [0, 0.05) is 21.2 Å². The van der Waals surface area contributed by atoms with Crippen molar-refractivity contribution in [3.63, 3.8) is 0 Å². The normalized spacial score (nSPS) is 10.8. The van der Waals surface area contributed by atoms with Crippen molar-refractivity contribution in [1.29, 1.82) is 0 Å². The van der Waals surface area contributed by atoms with Crippen molar-refractivity contribution in [1.82, 2.24) is 5.43 Å². The third kappa shape index (κ3) is 7.37. The van der Waals surface area contributed by atoms with Crippen LogP contribution >= 0.6 is 46.4 Å². The highest BCUT2D eigenvalue weighted by Gasteiger charge is 2.12. The van der Waals surface area contributed by atoms with Crippen molar-refractivity contribution >= 4 is 70.1 Å². The molecule has 0 aliphatic heterocycles. The summed E-state index contributed by atoms with van der Waals surface area (Å²) >= 11 is 24.2. The zero-order chi connectivity index (χ0) is 23.8. The first-order valence-corrected chi connectivity index (χ1v) is 11.1. The summed E-state index contributed by atoms with van der Waals surface area (Å²) in [6.45, 7) is 0.237. The second-order valence-corrected chi connectivity index (χ2v) is 8.31. The minimum atomic E-state index is -0.623. The molecule has 0 unspecified atom stereocenters. The fourth-order valence-corrected chi connectivity index (χ4v) is 3.40. The molecule has 0 atom stereocenters. The molecule has 0 aromatic heterocycles. The van der Waals surface area contributed by atoms with Gasteiger partial charge in [0.25, 0.3) is 0 Å². The molecular weight excluding hydrogens is 508 g/mol. The van der Waals surface area contributed by atoms with Gasteiger partial charge in [-0.3, -0.25) is 9.59 Å². The highest BCUT2D eigenvalue weighted by Crippen LogP contribution is 2.29. The van der Waals surface area contributed by atoms with Gasteiger partial charge in [-0.15, -0.1) is 0 Å². The lowest BCUT2D eigenvalue weighted by Gasteiger charge is -2.10. The predicted octanol–water partition coefficient (Wildman–Crippen LogP) is 6.36. The van der Waals surface area contributed by atoms with Crippen LogP contribution < -0.4 is 15.5 Å². The molecule has 2 amide bonds. The lowest BCUT2D eigenvalue weighted by Crippen LogP contribution is -2.24. The van der Waals surface area contributed by atoms with Gasteiger partial charge in [0.05, 0.1) is 21.9 Å². The van der Waals surface area contributed by atoms with Crippen molar-refractivity contribution in [3.8, 4) is 5.75 Å². The average molecular weight is 525 g/mol. The summed E-state index contributed by atoms with van der Waals surface area (Å²) < 4.78 is 5.83. The molecule has 33 heavy (non-hydrogen) atoms. The molecule has 3 rings (SSSR count). The zero-order valence-corrected chi connectivity index (χ0v) is 20.0. The quantitative estimate of drug-likeness (QED) is 0.204. The SMILES string of the molecule is O=C(CC(=O)Nc1cccc(Cl)c1Cl)NN=Cc1cc(Cl)ccc1OCc1ccccc1Cl. The van der Waals surface area contributed by atoms with E-state index < -0.39 is 18.2 Å². The molecule has 0 heterocycles. The molecule has 0 fully saturated rings. The molecule has 0 saturated heterocycles. The maximum Gasteiger partial charge on any atom is 0.249 e. The number of hydrogen-bond acceptors (Lipinski definition) is 4. The Balaban J connectivity index is 1.58. The average Bonchev–Trinajstić information content (AvgIpc) is 2.77. The van der Waals surface area contributed by atoms with E-state index >= 15 is 0 Å². The van der Waals surface area contributed by atoms with E-state index in [2.05, 4.69) is 15.8 Å². The van der Waals surface area contributed by atoms with Crippen LogP contribution in [0.15, 0.2) is 65.8 Å². The van der Waals surface area contributed by atoms with Crippen LogP contribution in [0, 0.1) is 0 Å². The van der Waals surface area contributed by atoms with E-state index in [1.54, 1.807) is 42.5 Å². The summed E-state index contributed by atoms with van der Waals surface area (Å²) in [5.74, 6) is -0.702. The minimum absolute atomic E-state index is 0.191. The number of carbonyl (C=O) groups excluding carboxylic acids is 2. The number of amides is 2. The van der Waals surface area contributed by atoms with E-state index in [0.717, 1.165) is 5.56 Å². The number of hydrazone groups is 1. The van der Waals surface area contributed by atoms with E-state index in [1.165, 1.54) is 6.21 Å². The maximum atomic E-state index is 12.1. The van der Waals surface area contributed by atoms with E-state index in [4.69, 9.17) is 51.1 Å². The van der Waals surface area contributed by atoms with E-state index in [1.807, 2.05) is 18.2 Å². The first-order valence-electron chi connectivity index (χ1n) is 9.55. The number of hydrogen-bond donors (Lipinski definition) is 2. The minimum Gasteiger partial charge on any atom is -0.488 e. The van der Waals surface area contributed by atoms with Gasteiger partial charge in [0.15, 0.2) is 0 Å². The Bertz CT molecular complexity index is 1200. The number of halogens is 4. The zero-order valence-electron chi connectivity index (χ0n) is 16.9. The van der Waals surface area contributed by atoms with Crippen molar-refractivity contribution in [2.75, 3.05) is 5.32 Å². The van der Waals surface area contributed by atoms with Crippen LogP contribution in [-0.4, -0.2) is 18.0 Å². The third-order valence-corrected chi connectivity index (χ3v) is 5.68. The van der Waals surface area contributed by atoms with Gasteiger partial charge in [0.1, 0.15) is 18.8 Å². The Kier molecular flexibility index (Phi) is 8.97. The maximum absolute atomic E-state index is 12.1. The summed E-state index contributed by atoms with van der Waals surface area (Å²) in [7, 11) is 0. The molecule has 0 aliphatic rings. The van der Waals surface area contributed by atoms with E-state index in [9.17, 15) is 9.59 Å². The Morgan fingerprint density at radius 3 is 2.45 bits per heavy atom. The number of nitrogens with zero attached hydrogens (tertiary/aromatic N) is 1. The van der Waals surface area contributed by atoms with Crippen LogP contribution in [0.5, 0.6) is 5.75 Å². The second-order valence-electron chi connectivity index (χ2n) is 6.68. The Labute approximate surface area is 210 Å². The standard InChI is InChI=1S/C23H17Cl4N3O3/c24-16-8-9-20(33-13-14-4-1-2-5-17(14)25)15(10-16)12-28-30-22(32)11-21(31)29-19-7-3-6-18(26)23(19)27/h1-10,12H,11,13H2,(H,29,31)(H,30,32). The molecule has 3 aromatic rings. The van der Waals surface area contributed by atoms with Gasteiger partial charge in [-0.05, 0) is 36.4 Å². The molecule has 0 spiro atoms. The van der Waals surface area contributed by atoms with Crippen molar-refractivity contribution in [2.24, 2.45) is 5.10 Å². The number of ether oxygens (including phenoxy) is 1. The van der Waals surface area contributed by atoms with Crippen molar-refractivity contribution < 1.29 is 14.3 Å². The van der Waals surface area contributed by atoms with Crippen molar-refractivity contribution in [2.45, 2.75) is 13.0 Å². The smallest absolute Gasteiger partial charge is 0.249 e. The van der Waals surface area contributed by atoms with Crippen LogP contribution in [0.25, 0.3) is 0 Å². The lowest BCUT2D eigenvalue weighted by molar-refractivity contribution is -0.126. The van der Waals surface area contributed by atoms with Gasteiger partial charge in [-0.1, -0.05) is 70.7 Å². The third-order valence-electron chi connectivity index (χ3n) is 4.25. The van der Waals surface area contributed by atoms with Gasteiger partial charge in [-0.25, -0.2) is 5.43 Å². The van der Waals surface area contributed by atoms with E-state index in [-0.39, 0.29) is 16.7 Å². The topological polar surface area (TPSA) is 79.8 Å². The predicted molar refractivity (Wildman–Crippen MR) is 133 cm³/mol. The molecule has 2 N–H and O–H groups in total. The summed E-state index contributed by atoms with van der Waals surface area (Å²) in [5, 5.41) is 7.95. The lowest BCUT2D eigenvalue weighted by atomic mass is 10.2. The molecule has 10 heteroatoms. The Morgan fingerprint density at radius 1 is 0.909 bits per heavy atom. The summed E-state index contributed by atoms with van der Waals surface area (Å²) in [6.07, 6.45) is 0.906. The molecule has 6 nitrogen and oxygen atoms in total. The fraction of sp³-hybridized carbons (Fsp3) is 0.0870. The number of carbonyl (C=O) groups is 2. The first-order chi connectivity index (χ1) is 15.8. The van der Waals surface area contributed by atoms with Crippen LogP contribution in [0.2, 0.25) is 20.1 Å². The first kappa shape index (κ1) is 24.9. The number of benzene rings is 3. The van der Waals surface area contributed by atoms with Gasteiger partial charge < -0.3 is 10.1 Å². The van der Waals surface area contributed by atoms with E-state index in [0.29, 0.717) is 27.0 Å². The van der Waals surface area contributed by atoms with Gasteiger partial charge >= 0.3 is 0 Å². The molecule has 0 aliphatic carbocycles. The largest absolute Gasteiger partial charge is 0.488 e. The van der Waals surface area contributed by atoms with Gasteiger partial charge in [0.2, 0.25) is 11.8 Å². The Hall–Kier alpha value is -2.77. The molecule has 0 saturated carbocycles. The molecule has 3 aromatic carbocycles. The Morgan fingerprint density at radius 2 is 1.67 bits per heavy atom. The molecule has 170 valence electrons. The summed E-state index contributed by atoms with van der Waals surface area (Å²) in [6, 6.07) is 17.1. The summed E-state index contributed by atoms with van der Waals surface area (Å²) in [5.41, 5.74) is 3.95. The summed E-state index contributed by atoms with van der Waals surface area (Å²) in [4.78, 5) is 24.2. The van der Waals surface area contributed by atoms with Crippen LogP contribution in [0.4, 0.5) is 5.69 Å². The monoisotopic (exact) mass is 523 g/mol. The van der Waals surface area contributed by atoms with Crippen LogP contribution in [-0.2, 0) is 16.2 Å². The highest BCUT2D eigenvalue weighted by atomic mass is 35.5. The van der Waals surface area contributed by atoms with Crippen molar-refractivity contribution in [3.05, 3.63) is 91.9 Å². The van der Waals surface area contributed by atoms with Crippen LogP contribution in [0.3, 0.4) is 0 Å². The van der Waals surface area contributed by atoms with Crippen LogP contribution in [0.1, 0.15) is 17.5 Å². The second kappa shape index (κ2) is 11.9. The number of nitrogens with one attached hydrogen (secondary N) is 2. The number of rotatable bonds is 8. The molecule has 0 radical (unpaired) electrons. The van der Waals surface area contributed by atoms with Gasteiger partial charge in [-0.2, -0.15) is 5.10 Å². The molecule has 0 bridgehead atoms. The molecular formula is C23H17Cl4N3O3. The number of anilines is 1. The fourth-order valence-electron chi connectivity index (χ4n) is 2.68.